The summed E-state index contributed by atoms with van der Waals surface area (Å²) < 4.78 is 5.18. The fourth-order valence-corrected chi connectivity index (χ4v) is 2.71. The first-order valence-electron chi connectivity index (χ1n) is 6.14. The Hall–Kier alpha value is -0.650. The maximum atomic E-state index is 5.66. The van der Waals surface area contributed by atoms with Crippen molar-refractivity contribution in [3.8, 4) is 0 Å². The van der Waals surface area contributed by atoms with Crippen LogP contribution in [0, 0.1) is 0 Å². The molecule has 0 saturated carbocycles. The van der Waals surface area contributed by atoms with Crippen molar-refractivity contribution >= 4 is 16.5 Å². The molecule has 5 heteroatoms. The fraction of sp³-hybridized carbons (Fsp3) is 0.750. The predicted octanol–water partition coefficient (Wildman–Crippen LogP) is 2.36. The fourth-order valence-electron chi connectivity index (χ4n) is 2.00. The highest BCUT2D eigenvalue weighted by Crippen LogP contribution is 2.19. The van der Waals surface area contributed by atoms with Gasteiger partial charge in [0, 0.05) is 37.3 Å². The molecule has 17 heavy (non-hydrogen) atoms. The number of anilines is 1. The van der Waals surface area contributed by atoms with Crippen molar-refractivity contribution in [2.75, 3.05) is 26.0 Å². The molecule has 1 aromatic rings. The van der Waals surface area contributed by atoms with Gasteiger partial charge in [-0.05, 0) is 12.8 Å². The van der Waals surface area contributed by atoms with E-state index >= 15 is 0 Å². The van der Waals surface area contributed by atoms with Gasteiger partial charge in [-0.2, -0.15) is 0 Å². The number of ether oxygens (including phenoxy) is 1. The molecule has 0 aromatic carbocycles. The lowest BCUT2D eigenvalue weighted by atomic mass is 10.1. The average Bonchev–Trinajstić information content (AvgIpc) is 2.73. The van der Waals surface area contributed by atoms with Crippen molar-refractivity contribution < 1.29 is 4.74 Å². The van der Waals surface area contributed by atoms with Crippen LogP contribution >= 0.6 is 11.3 Å². The summed E-state index contributed by atoms with van der Waals surface area (Å²) >= 11 is 1.57. The monoisotopic (exact) mass is 257 g/mol. The van der Waals surface area contributed by atoms with Crippen LogP contribution in [0.15, 0.2) is 6.20 Å². The molecule has 0 aliphatic heterocycles. The van der Waals surface area contributed by atoms with Gasteiger partial charge in [-0.25, -0.2) is 4.98 Å². The molecule has 1 aromatic heterocycles. The molecule has 0 saturated heterocycles. The number of hydrogen-bond acceptors (Lipinski definition) is 5. The molecule has 0 spiro atoms. The van der Waals surface area contributed by atoms with E-state index in [1.54, 1.807) is 18.4 Å². The number of hydrogen-bond donors (Lipinski definition) is 1. The maximum Gasteiger partial charge on any atom is 0.180 e. The molecule has 2 N–H and O–H groups in total. The average molecular weight is 257 g/mol. The van der Waals surface area contributed by atoms with Crippen LogP contribution in [0.2, 0.25) is 0 Å². The van der Waals surface area contributed by atoms with E-state index in [4.69, 9.17) is 10.5 Å². The summed E-state index contributed by atoms with van der Waals surface area (Å²) in [6.45, 7) is 7.11. The van der Waals surface area contributed by atoms with Gasteiger partial charge in [-0.15, -0.1) is 11.3 Å². The number of nitrogen functional groups attached to an aromatic ring is 1. The third-order valence-corrected chi connectivity index (χ3v) is 3.78. The van der Waals surface area contributed by atoms with Crippen molar-refractivity contribution in [2.24, 2.45) is 0 Å². The van der Waals surface area contributed by atoms with E-state index < -0.39 is 0 Å². The number of nitrogens with two attached hydrogens (primary N) is 1. The molecular formula is C12H23N3OS. The number of methoxy groups -OCH3 is 1. The molecule has 0 aliphatic carbocycles. The summed E-state index contributed by atoms with van der Waals surface area (Å²) in [5.74, 6) is 0. The molecule has 1 heterocycles. The SMILES string of the molecule is CCC(CC)N(CCOC)Cc1cnc(N)s1. The van der Waals surface area contributed by atoms with Crippen LogP contribution in [0.25, 0.3) is 0 Å². The van der Waals surface area contributed by atoms with Crippen LogP contribution in [-0.4, -0.2) is 36.2 Å². The second-order valence-corrected chi connectivity index (χ2v) is 5.25. The second-order valence-electron chi connectivity index (χ2n) is 4.10. The first-order chi connectivity index (χ1) is 8.21. The van der Waals surface area contributed by atoms with Crippen LogP contribution in [0.5, 0.6) is 0 Å². The largest absolute Gasteiger partial charge is 0.383 e. The standard InChI is InChI=1S/C12H23N3OS/c1-4-10(5-2)15(6-7-16-3)9-11-8-14-12(13)17-11/h8,10H,4-7,9H2,1-3H3,(H2,13,14). The highest BCUT2D eigenvalue weighted by molar-refractivity contribution is 7.15. The highest BCUT2D eigenvalue weighted by atomic mass is 32.1. The Morgan fingerprint density at radius 1 is 1.47 bits per heavy atom. The van der Waals surface area contributed by atoms with Crippen molar-refractivity contribution in [3.05, 3.63) is 11.1 Å². The van der Waals surface area contributed by atoms with Gasteiger partial charge in [-0.3, -0.25) is 4.90 Å². The lowest BCUT2D eigenvalue weighted by Crippen LogP contribution is -2.36. The van der Waals surface area contributed by atoms with Crippen molar-refractivity contribution in [2.45, 2.75) is 39.3 Å². The Kier molecular flexibility index (Phi) is 6.47. The summed E-state index contributed by atoms with van der Waals surface area (Å²) in [5.41, 5.74) is 5.66. The van der Waals surface area contributed by atoms with E-state index in [2.05, 4.69) is 23.7 Å². The third kappa shape index (κ3) is 4.61. The van der Waals surface area contributed by atoms with Crippen LogP contribution in [0.3, 0.4) is 0 Å². The third-order valence-electron chi connectivity index (χ3n) is 2.97. The molecule has 0 aliphatic rings. The second kappa shape index (κ2) is 7.63. The topological polar surface area (TPSA) is 51.4 Å². The minimum Gasteiger partial charge on any atom is -0.383 e. The molecular weight excluding hydrogens is 234 g/mol. The van der Waals surface area contributed by atoms with E-state index in [1.807, 2.05) is 6.20 Å². The Morgan fingerprint density at radius 3 is 2.65 bits per heavy atom. The van der Waals surface area contributed by atoms with E-state index in [0.29, 0.717) is 11.2 Å². The lowest BCUT2D eigenvalue weighted by molar-refractivity contribution is 0.111. The van der Waals surface area contributed by atoms with Gasteiger partial charge in [0.25, 0.3) is 0 Å². The van der Waals surface area contributed by atoms with Crippen molar-refractivity contribution in [3.63, 3.8) is 0 Å². The van der Waals surface area contributed by atoms with Crippen LogP contribution in [0.4, 0.5) is 5.13 Å². The Labute approximate surface area is 108 Å². The van der Waals surface area contributed by atoms with Gasteiger partial charge in [0.15, 0.2) is 5.13 Å². The van der Waals surface area contributed by atoms with Gasteiger partial charge >= 0.3 is 0 Å². The minimum absolute atomic E-state index is 0.605. The summed E-state index contributed by atoms with van der Waals surface area (Å²) in [4.78, 5) is 7.78. The maximum absolute atomic E-state index is 5.66. The smallest absolute Gasteiger partial charge is 0.180 e. The molecule has 0 atom stereocenters. The molecule has 4 nitrogen and oxygen atoms in total. The zero-order valence-electron chi connectivity index (χ0n) is 11.0. The lowest BCUT2D eigenvalue weighted by Gasteiger charge is -2.29. The van der Waals surface area contributed by atoms with Crippen LogP contribution in [0.1, 0.15) is 31.6 Å². The van der Waals surface area contributed by atoms with Gasteiger partial charge in [0.05, 0.1) is 6.61 Å². The summed E-state index contributed by atoms with van der Waals surface area (Å²) in [6.07, 6.45) is 4.20. The van der Waals surface area contributed by atoms with E-state index in [9.17, 15) is 0 Å². The zero-order valence-corrected chi connectivity index (χ0v) is 11.8. The Bertz CT molecular complexity index is 312. The summed E-state index contributed by atoms with van der Waals surface area (Å²) in [5, 5.41) is 0.649. The Morgan fingerprint density at radius 2 is 2.18 bits per heavy atom. The molecule has 1 rings (SSSR count). The highest BCUT2D eigenvalue weighted by Gasteiger charge is 2.16. The van der Waals surface area contributed by atoms with Gasteiger partial charge in [-0.1, -0.05) is 13.8 Å². The number of rotatable bonds is 8. The van der Waals surface area contributed by atoms with Gasteiger partial charge in [0.2, 0.25) is 0 Å². The molecule has 0 bridgehead atoms. The first-order valence-corrected chi connectivity index (χ1v) is 6.96. The zero-order chi connectivity index (χ0) is 12.7. The molecule has 0 amide bonds. The summed E-state index contributed by atoms with van der Waals surface area (Å²) in [7, 11) is 1.75. The van der Waals surface area contributed by atoms with Crippen molar-refractivity contribution in [1.29, 1.82) is 0 Å². The van der Waals surface area contributed by atoms with E-state index in [1.165, 1.54) is 4.88 Å². The Balaban J connectivity index is 2.61. The predicted molar refractivity (Wildman–Crippen MR) is 73.2 cm³/mol. The quantitative estimate of drug-likeness (QED) is 0.777. The normalized spacial score (nSPS) is 11.6. The van der Waals surface area contributed by atoms with Gasteiger partial charge < -0.3 is 10.5 Å². The van der Waals surface area contributed by atoms with Crippen LogP contribution in [-0.2, 0) is 11.3 Å². The molecule has 0 fully saturated rings. The molecule has 0 unspecified atom stereocenters. The number of nitrogens with zero attached hydrogens (tertiary/aromatic N) is 2. The minimum atomic E-state index is 0.605. The first kappa shape index (κ1) is 14.4. The molecule has 0 radical (unpaired) electrons. The molecule has 98 valence electrons. The van der Waals surface area contributed by atoms with E-state index in [-0.39, 0.29) is 0 Å². The van der Waals surface area contributed by atoms with Crippen LogP contribution < -0.4 is 5.73 Å². The number of aromatic nitrogens is 1. The van der Waals surface area contributed by atoms with Gasteiger partial charge in [0.1, 0.15) is 0 Å². The van der Waals surface area contributed by atoms with Crippen molar-refractivity contribution in [1.82, 2.24) is 9.88 Å². The number of thiazole rings is 1. The van der Waals surface area contributed by atoms with E-state index in [0.717, 1.165) is 32.5 Å². The summed E-state index contributed by atoms with van der Waals surface area (Å²) in [6, 6.07) is 0.605.